The van der Waals surface area contributed by atoms with Crippen LogP contribution in [0.2, 0.25) is 0 Å². The van der Waals surface area contributed by atoms with E-state index in [0.717, 1.165) is 17.9 Å². The monoisotopic (exact) mass is 363 g/mol. The molecule has 1 aromatic rings. The van der Waals surface area contributed by atoms with E-state index in [4.69, 9.17) is 4.74 Å². The van der Waals surface area contributed by atoms with Gasteiger partial charge in [0.05, 0.1) is 12.7 Å². The van der Waals surface area contributed by atoms with Crippen LogP contribution < -0.4 is 5.32 Å². The van der Waals surface area contributed by atoms with Gasteiger partial charge >= 0.3 is 0 Å². The summed E-state index contributed by atoms with van der Waals surface area (Å²) < 4.78 is 5.11. The zero-order valence-corrected chi connectivity index (χ0v) is 15.8. The zero-order chi connectivity index (χ0) is 18.4. The molecule has 2 saturated carbocycles. The molecule has 0 aliphatic heterocycles. The van der Waals surface area contributed by atoms with E-state index in [0.29, 0.717) is 25.5 Å². The number of nitrogens with one attached hydrogen (secondary N) is 1. The third-order valence-electron chi connectivity index (χ3n) is 6.06. The van der Waals surface area contributed by atoms with Gasteiger partial charge in [-0.05, 0) is 37.7 Å². The average molecular weight is 364 g/mol. The maximum Gasteiger partial charge on any atom is 0.130 e. The lowest BCUT2D eigenvalue weighted by atomic mass is 9.87. The maximum absolute atomic E-state index is 10.5. The van der Waals surface area contributed by atoms with Crippen LogP contribution >= 0.6 is 0 Å². The van der Waals surface area contributed by atoms with Crippen LogP contribution in [-0.2, 0) is 17.6 Å². The second kappa shape index (κ2) is 9.74. The highest BCUT2D eigenvalue weighted by Crippen LogP contribution is 2.35. The van der Waals surface area contributed by atoms with Crippen LogP contribution in [0.25, 0.3) is 0 Å². The third kappa shape index (κ3) is 5.00. The number of hydrogen-bond donors (Lipinski definition) is 3. The largest absolute Gasteiger partial charge is 0.396 e. The lowest BCUT2D eigenvalue weighted by molar-refractivity contribution is 0.0714. The number of aromatic nitrogens is 2. The van der Waals surface area contributed by atoms with Crippen molar-refractivity contribution >= 4 is 0 Å². The predicted octanol–water partition coefficient (Wildman–Crippen LogP) is 1.49. The molecule has 6 nitrogen and oxygen atoms in total. The molecule has 0 bridgehead atoms. The van der Waals surface area contributed by atoms with Gasteiger partial charge in [-0.2, -0.15) is 0 Å². The second-order valence-corrected chi connectivity index (χ2v) is 7.83. The van der Waals surface area contributed by atoms with Gasteiger partial charge in [-0.15, -0.1) is 0 Å². The fourth-order valence-corrected chi connectivity index (χ4v) is 4.62. The molecule has 0 unspecified atom stereocenters. The zero-order valence-electron chi connectivity index (χ0n) is 15.8. The summed E-state index contributed by atoms with van der Waals surface area (Å²) in [6.07, 6.45) is 9.88. The average Bonchev–Trinajstić information content (AvgIpc) is 2.95. The number of ether oxygens (including phenoxy) is 1. The van der Waals surface area contributed by atoms with Crippen molar-refractivity contribution in [2.45, 2.75) is 69.6 Å². The van der Waals surface area contributed by atoms with Crippen molar-refractivity contribution in [2.75, 3.05) is 20.3 Å². The molecule has 1 heterocycles. The first-order valence-electron chi connectivity index (χ1n) is 10.1. The summed E-state index contributed by atoms with van der Waals surface area (Å²) in [6.45, 7) is 0.632. The molecule has 3 rings (SSSR count). The van der Waals surface area contributed by atoms with E-state index in [9.17, 15) is 10.2 Å². The number of aliphatic hydroxyl groups excluding tert-OH is 2. The summed E-state index contributed by atoms with van der Waals surface area (Å²) in [6, 6.07) is 2.74. The molecule has 0 saturated heterocycles. The van der Waals surface area contributed by atoms with Crippen molar-refractivity contribution in [1.82, 2.24) is 15.3 Å². The van der Waals surface area contributed by atoms with Crippen LogP contribution in [0, 0.1) is 11.8 Å². The molecule has 0 amide bonds. The third-order valence-corrected chi connectivity index (χ3v) is 6.06. The fraction of sp³-hybridized carbons (Fsp3) is 0.800. The first-order chi connectivity index (χ1) is 12.7. The topological polar surface area (TPSA) is 87.5 Å². The van der Waals surface area contributed by atoms with Gasteiger partial charge in [0.15, 0.2) is 0 Å². The Hall–Kier alpha value is -1.08. The van der Waals surface area contributed by atoms with Gasteiger partial charge in [0.2, 0.25) is 0 Å². The number of nitrogens with zero attached hydrogens (tertiary/aromatic N) is 2. The SMILES string of the molecule is COCCc1nccc(C[C@@H]2[C@@H](CO)[C@H](O)C[C@H]2NC2CCCCC2)n1. The van der Waals surface area contributed by atoms with E-state index in [1.807, 2.05) is 6.07 Å². The van der Waals surface area contributed by atoms with E-state index in [1.165, 1.54) is 32.1 Å². The van der Waals surface area contributed by atoms with Crippen molar-refractivity contribution in [3.63, 3.8) is 0 Å². The Morgan fingerprint density at radius 2 is 2.04 bits per heavy atom. The minimum atomic E-state index is -0.444. The first kappa shape index (κ1) is 19.7. The maximum atomic E-state index is 10.5. The lowest BCUT2D eigenvalue weighted by Crippen LogP contribution is -2.43. The standard InChI is InChI=1S/C20H33N3O3/c1-26-10-8-20-21-9-7-15(23-20)11-16-17(13-24)19(25)12-18(16)22-14-5-3-2-4-6-14/h7,9,14,16-19,22,24-25H,2-6,8,10-13H2,1H3/t16-,17-,18-,19-/m1/s1. The van der Waals surface area contributed by atoms with E-state index in [-0.39, 0.29) is 24.5 Å². The minimum Gasteiger partial charge on any atom is -0.396 e. The van der Waals surface area contributed by atoms with Crippen LogP contribution in [-0.4, -0.2) is 58.7 Å². The lowest BCUT2D eigenvalue weighted by Gasteiger charge is -2.31. The smallest absolute Gasteiger partial charge is 0.130 e. The van der Waals surface area contributed by atoms with Gasteiger partial charge in [-0.1, -0.05) is 19.3 Å². The summed E-state index contributed by atoms with van der Waals surface area (Å²) in [7, 11) is 1.68. The Kier molecular flexibility index (Phi) is 7.37. The van der Waals surface area contributed by atoms with Crippen molar-refractivity contribution in [3.05, 3.63) is 23.8 Å². The molecule has 6 heteroatoms. The predicted molar refractivity (Wildman–Crippen MR) is 99.8 cm³/mol. The van der Waals surface area contributed by atoms with E-state index in [2.05, 4.69) is 15.3 Å². The number of rotatable bonds is 8. The van der Waals surface area contributed by atoms with Gasteiger partial charge in [0.25, 0.3) is 0 Å². The molecule has 26 heavy (non-hydrogen) atoms. The Morgan fingerprint density at radius 1 is 1.23 bits per heavy atom. The molecule has 2 fully saturated rings. The first-order valence-corrected chi connectivity index (χ1v) is 10.1. The van der Waals surface area contributed by atoms with Gasteiger partial charge in [-0.3, -0.25) is 0 Å². The van der Waals surface area contributed by atoms with E-state index < -0.39 is 6.10 Å². The summed E-state index contributed by atoms with van der Waals surface area (Å²) >= 11 is 0. The molecule has 4 atom stereocenters. The van der Waals surface area contributed by atoms with Gasteiger partial charge in [0, 0.05) is 50.0 Å². The summed E-state index contributed by atoms with van der Waals surface area (Å²) in [5.41, 5.74) is 0.985. The fourth-order valence-electron chi connectivity index (χ4n) is 4.62. The molecule has 0 radical (unpaired) electrons. The summed E-state index contributed by atoms with van der Waals surface area (Å²) in [5, 5.41) is 24.1. The van der Waals surface area contributed by atoms with E-state index in [1.54, 1.807) is 13.3 Å². The van der Waals surface area contributed by atoms with Gasteiger partial charge < -0.3 is 20.3 Å². The van der Waals surface area contributed by atoms with Crippen LogP contribution in [0.5, 0.6) is 0 Å². The quantitative estimate of drug-likeness (QED) is 0.649. The number of aliphatic hydroxyl groups is 2. The van der Waals surface area contributed by atoms with Crippen LogP contribution in [0.3, 0.4) is 0 Å². The molecular weight excluding hydrogens is 330 g/mol. The molecular formula is C20H33N3O3. The Bertz CT molecular complexity index is 551. The highest BCUT2D eigenvalue weighted by Gasteiger charge is 2.42. The Morgan fingerprint density at radius 3 is 2.77 bits per heavy atom. The minimum absolute atomic E-state index is 0.0241. The summed E-state index contributed by atoms with van der Waals surface area (Å²) in [4.78, 5) is 8.98. The molecule has 146 valence electrons. The normalized spacial score (nSPS) is 30.0. The second-order valence-electron chi connectivity index (χ2n) is 7.83. The highest BCUT2D eigenvalue weighted by molar-refractivity contribution is 5.08. The van der Waals surface area contributed by atoms with Crippen molar-refractivity contribution in [2.24, 2.45) is 11.8 Å². The highest BCUT2D eigenvalue weighted by atomic mass is 16.5. The molecule has 2 aliphatic rings. The molecule has 3 N–H and O–H groups in total. The Balaban J connectivity index is 1.68. The molecule has 0 spiro atoms. The molecule has 0 aromatic carbocycles. The number of hydrogen-bond acceptors (Lipinski definition) is 6. The Labute approximate surface area is 156 Å². The summed E-state index contributed by atoms with van der Waals surface area (Å²) in [5.74, 6) is 0.899. The number of methoxy groups -OCH3 is 1. The van der Waals surface area contributed by atoms with Crippen LogP contribution in [0.4, 0.5) is 0 Å². The van der Waals surface area contributed by atoms with Crippen molar-refractivity contribution in [1.29, 1.82) is 0 Å². The van der Waals surface area contributed by atoms with Gasteiger partial charge in [-0.25, -0.2) is 9.97 Å². The van der Waals surface area contributed by atoms with Gasteiger partial charge in [0.1, 0.15) is 5.82 Å². The van der Waals surface area contributed by atoms with Crippen molar-refractivity contribution < 1.29 is 14.9 Å². The van der Waals surface area contributed by atoms with Crippen LogP contribution in [0.1, 0.15) is 50.0 Å². The molecule has 2 aliphatic carbocycles. The van der Waals surface area contributed by atoms with E-state index >= 15 is 0 Å². The van der Waals surface area contributed by atoms with Crippen LogP contribution in [0.15, 0.2) is 12.3 Å². The van der Waals surface area contributed by atoms with Crippen molar-refractivity contribution in [3.8, 4) is 0 Å². The molecule has 1 aromatic heterocycles.